The van der Waals surface area contributed by atoms with Crippen LogP contribution >= 0.6 is 55.4 Å². The van der Waals surface area contributed by atoms with E-state index in [4.69, 9.17) is 17.0 Å². The van der Waals surface area contributed by atoms with E-state index in [1.54, 1.807) is 0 Å². The van der Waals surface area contributed by atoms with E-state index >= 15 is 0 Å². The van der Waals surface area contributed by atoms with Crippen LogP contribution in [-0.4, -0.2) is 18.2 Å². The van der Waals surface area contributed by atoms with Crippen LogP contribution in [-0.2, 0) is 11.2 Å². The summed E-state index contributed by atoms with van der Waals surface area (Å²) in [7, 11) is 1.37. The van der Waals surface area contributed by atoms with Crippen LogP contribution in [0.1, 0.15) is 22.2 Å². The standard InChI is InChI=1S/C15H14Br2N2O2S2/c1-3-9-7-10(14(20)21-2)13(23-9)19-15(22)18-12-5-4-8(16)6-11(12)17/h4-7H,3H2,1-2H3,(H2,18,19,22). The number of ether oxygens (including phenoxy) is 1. The van der Waals surface area contributed by atoms with Crippen molar-refractivity contribution in [3.05, 3.63) is 43.7 Å². The normalized spacial score (nSPS) is 10.3. The molecule has 23 heavy (non-hydrogen) atoms. The van der Waals surface area contributed by atoms with Crippen LogP contribution in [0.3, 0.4) is 0 Å². The Morgan fingerprint density at radius 3 is 2.65 bits per heavy atom. The lowest BCUT2D eigenvalue weighted by atomic mass is 10.2. The van der Waals surface area contributed by atoms with Crippen LogP contribution in [0.4, 0.5) is 10.7 Å². The number of thiophene rings is 1. The van der Waals surface area contributed by atoms with E-state index in [0.717, 1.165) is 25.9 Å². The van der Waals surface area contributed by atoms with Crippen LogP contribution in [0.2, 0.25) is 0 Å². The minimum Gasteiger partial charge on any atom is -0.465 e. The first-order valence-electron chi connectivity index (χ1n) is 6.68. The maximum atomic E-state index is 11.9. The van der Waals surface area contributed by atoms with Gasteiger partial charge in [0.1, 0.15) is 5.00 Å². The van der Waals surface area contributed by atoms with Gasteiger partial charge in [-0.1, -0.05) is 22.9 Å². The largest absolute Gasteiger partial charge is 0.465 e. The highest BCUT2D eigenvalue weighted by molar-refractivity contribution is 9.11. The number of methoxy groups -OCH3 is 1. The van der Waals surface area contributed by atoms with Crippen LogP contribution in [0.5, 0.6) is 0 Å². The van der Waals surface area contributed by atoms with Gasteiger partial charge in [0.25, 0.3) is 0 Å². The summed E-state index contributed by atoms with van der Waals surface area (Å²) in [5.41, 5.74) is 1.32. The number of anilines is 2. The quantitative estimate of drug-likeness (QED) is 0.454. The summed E-state index contributed by atoms with van der Waals surface area (Å²) in [5.74, 6) is -0.379. The molecule has 1 heterocycles. The highest BCUT2D eigenvalue weighted by atomic mass is 79.9. The summed E-state index contributed by atoms with van der Waals surface area (Å²) in [6.45, 7) is 2.03. The fraction of sp³-hybridized carbons (Fsp3) is 0.200. The molecule has 0 unspecified atom stereocenters. The molecular weight excluding hydrogens is 464 g/mol. The molecule has 122 valence electrons. The van der Waals surface area contributed by atoms with Gasteiger partial charge in [-0.3, -0.25) is 0 Å². The van der Waals surface area contributed by atoms with Crippen molar-refractivity contribution >= 4 is 77.2 Å². The molecule has 2 aromatic rings. The fourth-order valence-electron chi connectivity index (χ4n) is 1.82. The van der Waals surface area contributed by atoms with Crippen molar-refractivity contribution in [2.75, 3.05) is 17.7 Å². The van der Waals surface area contributed by atoms with E-state index in [-0.39, 0.29) is 5.97 Å². The van der Waals surface area contributed by atoms with E-state index in [2.05, 4.69) is 42.5 Å². The van der Waals surface area contributed by atoms with Gasteiger partial charge in [-0.05, 0) is 58.8 Å². The van der Waals surface area contributed by atoms with Crippen molar-refractivity contribution in [3.63, 3.8) is 0 Å². The Labute approximate surface area is 160 Å². The third-order valence-corrected chi connectivity index (χ3v) is 5.49. The van der Waals surface area contributed by atoms with Crippen LogP contribution in [0.15, 0.2) is 33.2 Å². The van der Waals surface area contributed by atoms with E-state index < -0.39 is 0 Å². The zero-order valence-electron chi connectivity index (χ0n) is 12.4. The van der Waals surface area contributed by atoms with Gasteiger partial charge in [-0.15, -0.1) is 11.3 Å². The zero-order chi connectivity index (χ0) is 17.0. The highest BCUT2D eigenvalue weighted by Gasteiger charge is 2.17. The summed E-state index contributed by atoms with van der Waals surface area (Å²) in [5, 5.41) is 7.27. The van der Waals surface area contributed by atoms with Crippen molar-refractivity contribution in [1.29, 1.82) is 0 Å². The summed E-state index contributed by atoms with van der Waals surface area (Å²) in [4.78, 5) is 12.9. The average molecular weight is 478 g/mol. The predicted octanol–water partition coefficient (Wildman–Crippen LogP) is 5.43. The maximum Gasteiger partial charge on any atom is 0.340 e. The number of halogens is 2. The first kappa shape index (κ1) is 18.4. The molecule has 0 aliphatic rings. The van der Waals surface area contributed by atoms with Crippen LogP contribution in [0.25, 0.3) is 0 Å². The highest BCUT2D eigenvalue weighted by Crippen LogP contribution is 2.30. The second-order valence-corrected chi connectivity index (χ2v) is 7.82. The third-order valence-electron chi connectivity index (χ3n) is 2.94. The van der Waals surface area contributed by atoms with Gasteiger partial charge in [-0.2, -0.15) is 0 Å². The molecule has 0 atom stereocenters. The summed E-state index contributed by atoms with van der Waals surface area (Å²) < 4.78 is 6.66. The molecule has 0 bridgehead atoms. The predicted molar refractivity (Wildman–Crippen MR) is 107 cm³/mol. The smallest absolute Gasteiger partial charge is 0.340 e. The molecule has 0 spiro atoms. The molecule has 8 heteroatoms. The Hall–Kier alpha value is -0.960. The molecule has 2 N–H and O–H groups in total. The molecule has 1 aromatic carbocycles. The minimum atomic E-state index is -0.379. The molecule has 0 aliphatic carbocycles. The summed E-state index contributed by atoms with van der Waals surface area (Å²) in [6, 6.07) is 7.56. The molecular formula is C15H14Br2N2O2S2. The van der Waals surface area contributed by atoms with Gasteiger partial charge in [0.15, 0.2) is 5.11 Å². The van der Waals surface area contributed by atoms with Gasteiger partial charge >= 0.3 is 5.97 Å². The Kier molecular flexibility index (Phi) is 6.58. The first-order chi connectivity index (χ1) is 10.9. The van der Waals surface area contributed by atoms with E-state index in [1.807, 2.05) is 31.2 Å². The number of carbonyl (C=O) groups is 1. The van der Waals surface area contributed by atoms with E-state index in [0.29, 0.717) is 15.7 Å². The molecule has 0 amide bonds. The number of aryl methyl sites for hydroxylation is 1. The van der Waals surface area contributed by atoms with Crippen molar-refractivity contribution in [2.24, 2.45) is 0 Å². The average Bonchev–Trinajstić information content (AvgIpc) is 2.92. The van der Waals surface area contributed by atoms with Gasteiger partial charge in [0.05, 0.1) is 18.4 Å². The third kappa shape index (κ3) is 4.76. The van der Waals surface area contributed by atoms with E-state index in [9.17, 15) is 4.79 Å². The Balaban J connectivity index is 2.16. The SMILES string of the molecule is CCc1cc(C(=O)OC)c(NC(=S)Nc2ccc(Br)cc2Br)s1. The Bertz CT molecular complexity index is 747. The van der Waals surface area contributed by atoms with Gasteiger partial charge in [-0.25, -0.2) is 4.79 Å². The van der Waals surface area contributed by atoms with Crippen LogP contribution in [0, 0.1) is 0 Å². The lowest BCUT2D eigenvalue weighted by molar-refractivity contribution is 0.0602. The van der Waals surface area contributed by atoms with Crippen LogP contribution < -0.4 is 10.6 Å². The Morgan fingerprint density at radius 1 is 1.30 bits per heavy atom. The molecule has 0 fully saturated rings. The maximum absolute atomic E-state index is 11.9. The molecule has 1 aromatic heterocycles. The molecule has 0 aliphatic heterocycles. The monoisotopic (exact) mass is 476 g/mol. The second kappa shape index (κ2) is 8.23. The molecule has 0 saturated heterocycles. The molecule has 2 rings (SSSR count). The lowest BCUT2D eigenvalue weighted by Gasteiger charge is -2.12. The molecule has 4 nitrogen and oxygen atoms in total. The number of rotatable bonds is 4. The lowest BCUT2D eigenvalue weighted by Crippen LogP contribution is -2.20. The number of benzene rings is 1. The molecule has 0 saturated carbocycles. The van der Waals surface area contributed by atoms with Crippen molar-refractivity contribution in [1.82, 2.24) is 0 Å². The first-order valence-corrected chi connectivity index (χ1v) is 9.49. The number of hydrogen-bond acceptors (Lipinski definition) is 4. The summed E-state index contributed by atoms with van der Waals surface area (Å²) in [6.07, 6.45) is 0.842. The van der Waals surface area contributed by atoms with E-state index in [1.165, 1.54) is 18.4 Å². The van der Waals surface area contributed by atoms with Crippen molar-refractivity contribution in [3.8, 4) is 0 Å². The number of nitrogens with one attached hydrogen (secondary N) is 2. The summed E-state index contributed by atoms with van der Waals surface area (Å²) >= 11 is 13.7. The zero-order valence-corrected chi connectivity index (χ0v) is 17.2. The Morgan fingerprint density at radius 2 is 2.04 bits per heavy atom. The second-order valence-electron chi connectivity index (χ2n) is 4.50. The van der Waals surface area contributed by atoms with Gasteiger partial charge < -0.3 is 15.4 Å². The van der Waals surface area contributed by atoms with Gasteiger partial charge in [0, 0.05) is 13.8 Å². The fourth-order valence-corrected chi connectivity index (χ4v) is 4.23. The topological polar surface area (TPSA) is 50.4 Å². The van der Waals surface area contributed by atoms with Crippen molar-refractivity contribution in [2.45, 2.75) is 13.3 Å². The number of hydrogen-bond donors (Lipinski definition) is 2. The number of carbonyl (C=O) groups excluding carboxylic acids is 1. The van der Waals surface area contributed by atoms with Crippen molar-refractivity contribution < 1.29 is 9.53 Å². The number of thiocarbonyl (C=S) groups is 1. The minimum absolute atomic E-state index is 0.379. The molecule has 0 radical (unpaired) electrons. The number of esters is 1. The van der Waals surface area contributed by atoms with Gasteiger partial charge in [0.2, 0.25) is 0 Å².